The molecule has 0 spiro atoms. The topological polar surface area (TPSA) is 58.3 Å². The van der Waals surface area contributed by atoms with E-state index >= 15 is 0 Å². The van der Waals surface area contributed by atoms with Crippen molar-refractivity contribution in [1.82, 2.24) is 5.32 Å². The summed E-state index contributed by atoms with van der Waals surface area (Å²) in [5.41, 5.74) is 7.00. The zero-order chi connectivity index (χ0) is 9.52. The van der Waals surface area contributed by atoms with Crippen molar-refractivity contribution in [3.8, 4) is 0 Å². The van der Waals surface area contributed by atoms with Crippen LogP contribution in [0.1, 0.15) is 25.7 Å². The molecule has 0 aliphatic heterocycles. The molecule has 3 nitrogen and oxygen atoms in total. The van der Waals surface area contributed by atoms with Crippen LogP contribution in [0, 0.1) is 0 Å². The van der Waals surface area contributed by atoms with Gasteiger partial charge in [0.15, 0.2) is 0 Å². The van der Waals surface area contributed by atoms with Crippen molar-refractivity contribution < 1.29 is 5.11 Å². The van der Waals surface area contributed by atoms with Crippen LogP contribution in [0.2, 0.25) is 0 Å². The van der Waals surface area contributed by atoms with E-state index in [1.54, 1.807) is 5.57 Å². The number of hydrogen-bond acceptors (Lipinski definition) is 3. The summed E-state index contributed by atoms with van der Waals surface area (Å²) in [6.07, 6.45) is 7.26. The van der Waals surface area contributed by atoms with Crippen LogP contribution < -0.4 is 11.1 Å². The molecule has 0 saturated carbocycles. The molecule has 0 fully saturated rings. The molecule has 0 saturated heterocycles. The molecule has 1 rings (SSSR count). The predicted molar refractivity (Wildman–Crippen MR) is 54.5 cm³/mol. The van der Waals surface area contributed by atoms with Crippen LogP contribution in [-0.2, 0) is 0 Å². The van der Waals surface area contributed by atoms with Gasteiger partial charge in [-0.2, -0.15) is 0 Å². The quantitative estimate of drug-likeness (QED) is 0.524. The van der Waals surface area contributed by atoms with Crippen LogP contribution in [0.15, 0.2) is 11.6 Å². The fourth-order valence-corrected chi connectivity index (χ4v) is 1.62. The maximum atomic E-state index is 8.86. The number of nitrogens with two attached hydrogens (primary N) is 1. The van der Waals surface area contributed by atoms with Crippen LogP contribution in [-0.4, -0.2) is 30.8 Å². The van der Waals surface area contributed by atoms with Gasteiger partial charge in [0.2, 0.25) is 0 Å². The second-order valence-corrected chi connectivity index (χ2v) is 3.57. The highest BCUT2D eigenvalue weighted by Gasteiger charge is 2.06. The molecular weight excluding hydrogens is 164 g/mol. The fraction of sp³-hybridized carbons (Fsp3) is 0.800. The SMILES string of the molecule is NCC(CO)NCCC1=CCCC1. The summed E-state index contributed by atoms with van der Waals surface area (Å²) >= 11 is 0. The Morgan fingerprint density at radius 3 is 3.00 bits per heavy atom. The van der Waals surface area contributed by atoms with Crippen molar-refractivity contribution in [1.29, 1.82) is 0 Å². The third-order valence-electron chi connectivity index (χ3n) is 2.52. The Labute approximate surface area is 80.0 Å². The number of aliphatic hydroxyl groups excluding tert-OH is 1. The smallest absolute Gasteiger partial charge is 0.0597 e. The molecule has 1 atom stereocenters. The first kappa shape index (κ1) is 10.7. The van der Waals surface area contributed by atoms with Crippen molar-refractivity contribution >= 4 is 0 Å². The van der Waals surface area contributed by atoms with E-state index < -0.39 is 0 Å². The van der Waals surface area contributed by atoms with E-state index in [0.717, 1.165) is 13.0 Å². The molecule has 0 radical (unpaired) electrons. The third kappa shape index (κ3) is 3.89. The lowest BCUT2D eigenvalue weighted by Gasteiger charge is -2.13. The monoisotopic (exact) mass is 184 g/mol. The summed E-state index contributed by atoms with van der Waals surface area (Å²) in [5.74, 6) is 0. The molecule has 1 aliphatic carbocycles. The van der Waals surface area contributed by atoms with E-state index in [1.807, 2.05) is 0 Å². The maximum absolute atomic E-state index is 8.86. The molecule has 0 aromatic carbocycles. The zero-order valence-electron chi connectivity index (χ0n) is 8.13. The number of hydrogen-bond donors (Lipinski definition) is 3. The summed E-state index contributed by atoms with van der Waals surface area (Å²) in [4.78, 5) is 0. The molecule has 13 heavy (non-hydrogen) atoms. The number of aliphatic hydroxyl groups is 1. The van der Waals surface area contributed by atoms with E-state index in [4.69, 9.17) is 10.8 Å². The summed E-state index contributed by atoms with van der Waals surface area (Å²) in [7, 11) is 0. The fourth-order valence-electron chi connectivity index (χ4n) is 1.62. The highest BCUT2D eigenvalue weighted by Crippen LogP contribution is 2.19. The minimum Gasteiger partial charge on any atom is -0.395 e. The highest BCUT2D eigenvalue weighted by molar-refractivity contribution is 5.07. The van der Waals surface area contributed by atoms with Crippen molar-refractivity contribution in [3.05, 3.63) is 11.6 Å². The van der Waals surface area contributed by atoms with Gasteiger partial charge in [-0.25, -0.2) is 0 Å². The second-order valence-electron chi connectivity index (χ2n) is 3.57. The van der Waals surface area contributed by atoms with Crippen molar-refractivity contribution in [2.75, 3.05) is 19.7 Å². The van der Waals surface area contributed by atoms with E-state index in [2.05, 4.69) is 11.4 Å². The maximum Gasteiger partial charge on any atom is 0.0597 e. The Morgan fingerprint density at radius 1 is 1.62 bits per heavy atom. The lowest BCUT2D eigenvalue weighted by molar-refractivity contribution is 0.246. The van der Waals surface area contributed by atoms with Gasteiger partial charge in [0.25, 0.3) is 0 Å². The lowest BCUT2D eigenvalue weighted by Crippen LogP contribution is -2.39. The van der Waals surface area contributed by atoms with Gasteiger partial charge in [0, 0.05) is 12.6 Å². The highest BCUT2D eigenvalue weighted by atomic mass is 16.3. The van der Waals surface area contributed by atoms with Gasteiger partial charge in [-0.05, 0) is 32.2 Å². The van der Waals surface area contributed by atoms with Crippen molar-refractivity contribution in [2.45, 2.75) is 31.7 Å². The molecule has 0 aromatic rings. The summed E-state index contributed by atoms with van der Waals surface area (Å²) in [6, 6.07) is 0.0713. The molecule has 0 amide bonds. The summed E-state index contributed by atoms with van der Waals surface area (Å²) < 4.78 is 0. The summed E-state index contributed by atoms with van der Waals surface area (Å²) in [6.45, 7) is 1.58. The molecule has 4 N–H and O–H groups in total. The molecule has 0 heterocycles. The Kier molecular flexibility index (Phi) is 5.05. The average Bonchev–Trinajstić information content (AvgIpc) is 2.65. The van der Waals surface area contributed by atoms with Gasteiger partial charge >= 0.3 is 0 Å². The molecule has 0 bridgehead atoms. The van der Waals surface area contributed by atoms with Crippen LogP contribution in [0.4, 0.5) is 0 Å². The van der Waals surface area contributed by atoms with Gasteiger partial charge in [-0.15, -0.1) is 0 Å². The first-order valence-corrected chi connectivity index (χ1v) is 5.09. The van der Waals surface area contributed by atoms with Gasteiger partial charge in [0.05, 0.1) is 6.61 Å². The lowest BCUT2D eigenvalue weighted by atomic mass is 10.1. The average molecular weight is 184 g/mol. The molecular formula is C10H20N2O. The molecule has 1 aliphatic rings. The normalized spacial score (nSPS) is 18.8. The van der Waals surface area contributed by atoms with E-state index in [0.29, 0.717) is 6.54 Å². The Balaban J connectivity index is 2.05. The largest absolute Gasteiger partial charge is 0.395 e. The van der Waals surface area contributed by atoms with Crippen molar-refractivity contribution in [2.24, 2.45) is 5.73 Å². The van der Waals surface area contributed by atoms with Crippen molar-refractivity contribution in [3.63, 3.8) is 0 Å². The van der Waals surface area contributed by atoms with Crippen LogP contribution in [0.3, 0.4) is 0 Å². The van der Waals surface area contributed by atoms with Crippen LogP contribution in [0.25, 0.3) is 0 Å². The van der Waals surface area contributed by atoms with Crippen LogP contribution >= 0.6 is 0 Å². The predicted octanol–water partition coefficient (Wildman–Crippen LogP) is 0.396. The molecule has 76 valence electrons. The second kappa shape index (κ2) is 6.13. The number of allylic oxidation sites excluding steroid dienone is 1. The molecule has 1 unspecified atom stereocenters. The Bertz CT molecular complexity index is 164. The standard InChI is InChI=1S/C10H20N2O/c11-7-10(8-13)12-6-5-9-3-1-2-4-9/h3,10,12-13H,1-2,4-8,11H2. The molecule has 0 aromatic heterocycles. The minimum atomic E-state index is 0.0713. The summed E-state index contributed by atoms with van der Waals surface area (Å²) in [5, 5.41) is 12.1. The Morgan fingerprint density at radius 2 is 2.46 bits per heavy atom. The van der Waals surface area contributed by atoms with Crippen LogP contribution in [0.5, 0.6) is 0 Å². The first-order valence-electron chi connectivity index (χ1n) is 5.09. The van der Waals surface area contributed by atoms with Gasteiger partial charge in [-0.1, -0.05) is 11.6 Å². The van der Waals surface area contributed by atoms with Gasteiger partial charge < -0.3 is 16.2 Å². The zero-order valence-corrected chi connectivity index (χ0v) is 8.13. The first-order chi connectivity index (χ1) is 6.36. The number of nitrogens with one attached hydrogen (secondary N) is 1. The minimum absolute atomic E-state index is 0.0713. The van der Waals surface area contributed by atoms with E-state index in [-0.39, 0.29) is 12.6 Å². The third-order valence-corrected chi connectivity index (χ3v) is 2.52. The number of rotatable bonds is 6. The van der Waals surface area contributed by atoms with E-state index in [9.17, 15) is 0 Å². The van der Waals surface area contributed by atoms with Gasteiger partial charge in [-0.3, -0.25) is 0 Å². The Hall–Kier alpha value is -0.380. The van der Waals surface area contributed by atoms with E-state index in [1.165, 1.54) is 19.3 Å². The van der Waals surface area contributed by atoms with Gasteiger partial charge in [0.1, 0.15) is 0 Å². The molecule has 3 heteroatoms.